The van der Waals surface area contributed by atoms with Crippen LogP contribution in [0.5, 0.6) is 0 Å². The Labute approximate surface area is 286 Å². The third-order valence-corrected chi connectivity index (χ3v) is 7.97. The summed E-state index contributed by atoms with van der Waals surface area (Å²) < 4.78 is 0. The molecule has 0 aliphatic rings. The molecule has 2 aromatic carbocycles. The van der Waals surface area contributed by atoms with Gasteiger partial charge in [0.1, 0.15) is 12.1 Å². The molecule has 48 heavy (non-hydrogen) atoms. The van der Waals surface area contributed by atoms with Crippen molar-refractivity contribution >= 4 is 76.3 Å². The second-order valence-electron chi connectivity index (χ2n) is 10.7. The van der Waals surface area contributed by atoms with E-state index >= 15 is 0 Å². The number of amides is 4. The van der Waals surface area contributed by atoms with Gasteiger partial charge in [0.25, 0.3) is 0 Å². The molecule has 0 saturated carbocycles. The number of aromatic carboxylic acids is 1. The lowest BCUT2D eigenvalue weighted by Gasteiger charge is -2.26. The maximum absolute atomic E-state index is 13.1. The maximum Gasteiger partial charge on any atom is 0.395 e. The van der Waals surface area contributed by atoms with Crippen LogP contribution in [-0.2, 0) is 41.6 Å². The molecule has 0 radical (unpaired) electrons. The molecule has 0 aliphatic carbocycles. The van der Waals surface area contributed by atoms with Crippen molar-refractivity contribution in [3.63, 3.8) is 0 Å². The number of halogens is 1. The molecule has 4 amide bonds. The molecular formula is C32H39ClN4O10S. The average Bonchev–Trinajstić information content (AvgIpc) is 3.02. The summed E-state index contributed by atoms with van der Waals surface area (Å²) in [6, 6.07) is 6.28. The van der Waals surface area contributed by atoms with Crippen LogP contribution in [0.4, 0.5) is 11.4 Å². The van der Waals surface area contributed by atoms with Crippen LogP contribution in [0.2, 0.25) is 5.02 Å². The van der Waals surface area contributed by atoms with Crippen LogP contribution in [0, 0.1) is 0 Å². The van der Waals surface area contributed by atoms with Crippen molar-refractivity contribution < 1.29 is 48.9 Å². The lowest BCUT2D eigenvalue weighted by atomic mass is 9.99. The number of carboxylic acids is 3. The minimum absolute atomic E-state index is 0.0259. The molecule has 0 bridgehead atoms. The van der Waals surface area contributed by atoms with Gasteiger partial charge in [-0.3, -0.25) is 24.1 Å². The molecule has 260 valence electrons. The van der Waals surface area contributed by atoms with E-state index in [1.54, 1.807) is 13.0 Å². The highest BCUT2D eigenvalue weighted by Crippen LogP contribution is 2.35. The number of hydrogen-bond donors (Lipinski definition) is 6. The van der Waals surface area contributed by atoms with Crippen LogP contribution in [0.15, 0.2) is 36.4 Å². The van der Waals surface area contributed by atoms with Crippen molar-refractivity contribution in [1.82, 2.24) is 16.0 Å². The fraction of sp³-hybridized carbons (Fsp3) is 0.406. The lowest BCUT2D eigenvalue weighted by Crippen LogP contribution is -2.47. The van der Waals surface area contributed by atoms with Crippen LogP contribution in [0.25, 0.3) is 0 Å². The molecule has 0 fully saturated rings. The first kappa shape index (κ1) is 39.5. The Bertz CT molecular complexity index is 1540. The van der Waals surface area contributed by atoms with Gasteiger partial charge in [0.05, 0.1) is 16.9 Å². The first-order valence-electron chi connectivity index (χ1n) is 15.0. The van der Waals surface area contributed by atoms with Gasteiger partial charge in [0, 0.05) is 31.3 Å². The van der Waals surface area contributed by atoms with Gasteiger partial charge >= 0.3 is 23.8 Å². The summed E-state index contributed by atoms with van der Waals surface area (Å²) in [5, 5.41) is 36.5. The molecule has 1 unspecified atom stereocenters. The van der Waals surface area contributed by atoms with E-state index in [-0.39, 0.29) is 47.8 Å². The van der Waals surface area contributed by atoms with Crippen molar-refractivity contribution in [3.8, 4) is 0 Å². The first-order chi connectivity index (χ1) is 22.7. The number of benzene rings is 2. The Balaban J connectivity index is 2.19. The Kier molecular flexibility index (Phi) is 15.9. The second kappa shape index (κ2) is 19.3. The highest BCUT2D eigenvalue weighted by atomic mass is 35.5. The molecule has 2 rings (SSSR count). The number of aryl methyl sites for hydroxylation is 1. The van der Waals surface area contributed by atoms with Gasteiger partial charge in [0.2, 0.25) is 17.7 Å². The smallest absolute Gasteiger partial charge is 0.395 e. The maximum atomic E-state index is 13.1. The van der Waals surface area contributed by atoms with E-state index in [4.69, 9.17) is 11.6 Å². The summed E-state index contributed by atoms with van der Waals surface area (Å²) in [5.41, 5.74) is 0.524. The molecular weight excluding hydrogens is 668 g/mol. The normalized spacial score (nSPS) is 11.9. The quantitative estimate of drug-likeness (QED) is 0.0977. The molecule has 0 aromatic heterocycles. The zero-order valence-electron chi connectivity index (χ0n) is 26.7. The fourth-order valence-electron chi connectivity index (χ4n) is 4.78. The number of carboxylic acid groups (broad SMARTS) is 3. The first-order valence-corrected chi connectivity index (χ1v) is 16.7. The molecule has 2 atom stereocenters. The fourth-order valence-corrected chi connectivity index (χ4v) is 5.42. The summed E-state index contributed by atoms with van der Waals surface area (Å²) in [6.45, 7) is 3.18. The number of nitrogens with zero attached hydrogens (tertiary/aromatic N) is 1. The van der Waals surface area contributed by atoms with Gasteiger partial charge in [-0.05, 0) is 73.1 Å². The van der Waals surface area contributed by atoms with Gasteiger partial charge in [-0.2, -0.15) is 11.8 Å². The van der Waals surface area contributed by atoms with Gasteiger partial charge in [-0.25, -0.2) is 14.4 Å². The predicted molar refractivity (Wildman–Crippen MR) is 180 cm³/mol. The number of aliphatic carboxylic acids is 2. The van der Waals surface area contributed by atoms with Crippen molar-refractivity contribution in [3.05, 3.63) is 58.1 Å². The molecule has 0 spiro atoms. The highest BCUT2D eigenvalue weighted by molar-refractivity contribution is 7.98. The van der Waals surface area contributed by atoms with E-state index in [2.05, 4.69) is 16.0 Å². The number of hydrogen-bond acceptors (Lipinski definition) is 8. The van der Waals surface area contributed by atoms with E-state index in [1.165, 1.54) is 43.0 Å². The van der Waals surface area contributed by atoms with E-state index < -0.39 is 53.6 Å². The SMILES string of the molecule is CCc1cc(CC(NC(C)=O)C(=O)NCCCCC(=O)N[C@@H](CCSC)C(=O)O)ccc1N(C(=O)C(=O)O)c1cc(Cl)ccc1C(=O)O. The Morgan fingerprint density at radius 1 is 0.917 bits per heavy atom. The van der Waals surface area contributed by atoms with Gasteiger partial charge in [-0.15, -0.1) is 0 Å². The van der Waals surface area contributed by atoms with E-state index in [9.17, 15) is 48.9 Å². The van der Waals surface area contributed by atoms with Crippen LogP contribution in [-0.4, -0.2) is 87.5 Å². The molecule has 0 aliphatic heterocycles. The van der Waals surface area contributed by atoms with Crippen LogP contribution in [0.3, 0.4) is 0 Å². The summed E-state index contributed by atoms with van der Waals surface area (Å²) in [6.07, 6.45) is 3.33. The number of thioether (sulfide) groups is 1. The summed E-state index contributed by atoms with van der Waals surface area (Å²) in [7, 11) is 0. The number of carbonyl (C=O) groups is 7. The van der Waals surface area contributed by atoms with Crippen molar-refractivity contribution in [2.45, 2.75) is 64.5 Å². The van der Waals surface area contributed by atoms with Crippen LogP contribution < -0.4 is 20.9 Å². The Hall–Kier alpha value is -4.63. The third kappa shape index (κ3) is 11.9. The molecule has 2 aromatic rings. The Morgan fingerprint density at radius 2 is 1.62 bits per heavy atom. The lowest BCUT2D eigenvalue weighted by molar-refractivity contribution is -0.148. The van der Waals surface area contributed by atoms with E-state index in [0.29, 0.717) is 36.1 Å². The minimum atomic E-state index is -1.82. The standard InChI is InChI=1S/C32H39ClN4O10S/c1-4-20-15-19(8-11-25(20)37(29(41)32(46)47)26-17-21(33)9-10-22(26)30(42)43)16-24(35-18(2)38)28(40)34-13-6-5-7-27(39)36-23(31(44)45)12-14-48-3/h8-11,15,17,23-24H,4-7,12-14,16H2,1-3H3,(H,34,40)(H,35,38)(H,36,39)(H,42,43)(H,44,45)(H,46,47)/t23-,24?/m0/s1. The largest absolute Gasteiger partial charge is 0.480 e. The molecule has 14 nitrogen and oxygen atoms in total. The topological polar surface area (TPSA) is 220 Å². The van der Waals surface area contributed by atoms with Crippen LogP contribution >= 0.6 is 23.4 Å². The number of unbranched alkanes of at least 4 members (excludes halogenated alkanes) is 1. The summed E-state index contributed by atoms with van der Waals surface area (Å²) >= 11 is 7.56. The number of carbonyl (C=O) groups excluding carboxylic acids is 4. The van der Waals surface area contributed by atoms with Gasteiger partial charge in [-0.1, -0.05) is 30.7 Å². The zero-order chi connectivity index (χ0) is 36.0. The van der Waals surface area contributed by atoms with Gasteiger partial charge in [0.15, 0.2) is 0 Å². The average molecular weight is 707 g/mol. The third-order valence-electron chi connectivity index (χ3n) is 7.09. The van der Waals surface area contributed by atoms with E-state index in [1.807, 2.05) is 6.26 Å². The van der Waals surface area contributed by atoms with Crippen molar-refractivity contribution in [2.75, 3.05) is 23.5 Å². The molecule has 0 saturated heterocycles. The molecule has 16 heteroatoms. The second-order valence-corrected chi connectivity index (χ2v) is 12.1. The zero-order valence-corrected chi connectivity index (χ0v) is 28.3. The summed E-state index contributed by atoms with van der Waals surface area (Å²) in [5.74, 6) is -6.51. The monoisotopic (exact) mass is 706 g/mol. The van der Waals surface area contributed by atoms with E-state index in [0.717, 1.165) is 11.0 Å². The number of nitrogens with one attached hydrogen (secondary N) is 3. The van der Waals surface area contributed by atoms with Crippen molar-refractivity contribution in [1.29, 1.82) is 0 Å². The number of rotatable bonds is 18. The highest BCUT2D eigenvalue weighted by Gasteiger charge is 2.30. The summed E-state index contributed by atoms with van der Waals surface area (Å²) in [4.78, 5) is 85.9. The van der Waals surface area contributed by atoms with Crippen molar-refractivity contribution in [2.24, 2.45) is 0 Å². The van der Waals surface area contributed by atoms with Gasteiger partial charge < -0.3 is 31.3 Å². The molecule has 6 N–H and O–H groups in total. The number of anilines is 2. The minimum Gasteiger partial charge on any atom is -0.480 e. The Morgan fingerprint density at radius 3 is 2.21 bits per heavy atom. The molecule has 0 heterocycles. The van der Waals surface area contributed by atoms with Crippen LogP contribution in [0.1, 0.15) is 61.0 Å². The predicted octanol–water partition coefficient (Wildman–Crippen LogP) is 3.01.